The van der Waals surface area contributed by atoms with Crippen LogP contribution in [0.3, 0.4) is 0 Å². The monoisotopic (exact) mass is 295 g/mol. The third-order valence-corrected chi connectivity index (χ3v) is 5.81. The van der Waals surface area contributed by atoms with Crippen LogP contribution >= 0.6 is 0 Å². The van der Waals surface area contributed by atoms with Gasteiger partial charge in [0, 0.05) is 13.1 Å². The Morgan fingerprint density at radius 3 is 2.38 bits per heavy atom. The second-order valence-electron chi connectivity index (χ2n) is 7.25. The number of carbonyl (C=O) groups excluding carboxylic acids is 1. The number of nitrogens with one attached hydrogen (secondary N) is 1. The molecule has 0 spiro atoms. The number of hydrogen-bond acceptors (Lipinski definition) is 3. The molecule has 2 rings (SSSR count). The zero-order valence-electron chi connectivity index (χ0n) is 13.9. The fourth-order valence-electron chi connectivity index (χ4n) is 3.77. The van der Waals surface area contributed by atoms with Crippen molar-refractivity contribution in [2.45, 2.75) is 52.4 Å². The molecule has 1 saturated carbocycles. The van der Waals surface area contributed by atoms with E-state index in [0.29, 0.717) is 12.5 Å². The highest BCUT2D eigenvalue weighted by molar-refractivity contribution is 5.83. The number of rotatable bonds is 5. The molecule has 2 fully saturated rings. The Balaban J connectivity index is 1.78. The molecule has 0 unspecified atom stereocenters. The highest BCUT2D eigenvalue weighted by atomic mass is 16.2. The number of nitrogens with zero attached hydrogens (tertiary/aromatic N) is 1. The molecule has 0 aromatic rings. The van der Waals surface area contributed by atoms with Gasteiger partial charge in [0.05, 0.1) is 5.41 Å². The highest BCUT2D eigenvalue weighted by Gasteiger charge is 2.39. The summed E-state index contributed by atoms with van der Waals surface area (Å²) < 4.78 is 0. The van der Waals surface area contributed by atoms with E-state index in [4.69, 9.17) is 5.73 Å². The molecule has 21 heavy (non-hydrogen) atoms. The summed E-state index contributed by atoms with van der Waals surface area (Å²) in [7, 11) is 0. The predicted octanol–water partition coefficient (Wildman–Crippen LogP) is 1.99. The second kappa shape index (κ2) is 7.59. The van der Waals surface area contributed by atoms with E-state index in [1.165, 1.54) is 25.9 Å². The van der Waals surface area contributed by atoms with Crippen LogP contribution in [0, 0.1) is 17.3 Å². The number of piperidine rings is 1. The van der Waals surface area contributed by atoms with E-state index in [9.17, 15) is 4.79 Å². The van der Waals surface area contributed by atoms with E-state index in [1.807, 2.05) is 0 Å². The maximum atomic E-state index is 12.6. The normalized spacial score (nSPS) is 32.0. The molecule has 1 aliphatic heterocycles. The zero-order valence-corrected chi connectivity index (χ0v) is 13.9. The number of likely N-dealkylation sites (tertiary alicyclic amines) is 1. The number of carbonyl (C=O) groups is 1. The van der Waals surface area contributed by atoms with Crippen LogP contribution in [0.1, 0.15) is 52.4 Å². The minimum Gasteiger partial charge on any atom is -0.355 e. The quantitative estimate of drug-likeness (QED) is 0.815. The molecule has 122 valence electrons. The molecule has 0 radical (unpaired) electrons. The summed E-state index contributed by atoms with van der Waals surface area (Å²) in [5.41, 5.74) is 5.68. The first-order valence-corrected chi connectivity index (χ1v) is 8.80. The predicted molar refractivity (Wildman–Crippen MR) is 87.0 cm³/mol. The SMILES string of the molecule is CCN1CCC(CNC(=O)C2(CN)CCC(C)CC2)CC1. The fraction of sp³-hybridized carbons (Fsp3) is 0.941. The molecule has 3 N–H and O–H groups in total. The van der Waals surface area contributed by atoms with Gasteiger partial charge in [-0.2, -0.15) is 0 Å². The lowest BCUT2D eigenvalue weighted by Gasteiger charge is -2.38. The van der Waals surface area contributed by atoms with E-state index in [2.05, 4.69) is 24.1 Å². The molecule has 0 atom stereocenters. The van der Waals surface area contributed by atoms with Crippen LogP contribution in [0.5, 0.6) is 0 Å². The first-order valence-electron chi connectivity index (χ1n) is 8.80. The van der Waals surface area contributed by atoms with Crippen LogP contribution in [0.25, 0.3) is 0 Å². The van der Waals surface area contributed by atoms with Crippen LogP contribution in [0.4, 0.5) is 0 Å². The first kappa shape index (κ1) is 16.8. The first-order chi connectivity index (χ1) is 10.1. The summed E-state index contributed by atoms with van der Waals surface area (Å²) >= 11 is 0. The Hall–Kier alpha value is -0.610. The van der Waals surface area contributed by atoms with Crippen molar-refractivity contribution in [2.75, 3.05) is 32.7 Å². The van der Waals surface area contributed by atoms with Crippen LogP contribution in [0.2, 0.25) is 0 Å². The summed E-state index contributed by atoms with van der Waals surface area (Å²) in [5.74, 6) is 1.61. The lowest BCUT2D eigenvalue weighted by Crippen LogP contribution is -2.49. The molecular weight excluding hydrogens is 262 g/mol. The van der Waals surface area contributed by atoms with Gasteiger partial charge in [0.25, 0.3) is 0 Å². The van der Waals surface area contributed by atoms with Gasteiger partial charge in [-0.3, -0.25) is 4.79 Å². The standard InChI is InChI=1S/C17H33N3O/c1-3-20-10-6-15(7-11-20)12-19-16(21)17(13-18)8-4-14(2)5-9-17/h14-15H,3-13,18H2,1-2H3,(H,19,21). The maximum Gasteiger partial charge on any atom is 0.227 e. The van der Waals surface area contributed by atoms with E-state index in [0.717, 1.165) is 44.7 Å². The van der Waals surface area contributed by atoms with Crippen molar-refractivity contribution in [3.8, 4) is 0 Å². The zero-order chi connectivity index (χ0) is 15.3. The van der Waals surface area contributed by atoms with Gasteiger partial charge in [-0.25, -0.2) is 0 Å². The summed E-state index contributed by atoms with van der Waals surface area (Å²) in [6.07, 6.45) is 6.62. The Kier molecular flexibility index (Phi) is 6.06. The largest absolute Gasteiger partial charge is 0.355 e. The summed E-state index contributed by atoms with van der Waals surface area (Å²) in [6.45, 7) is 9.34. The molecule has 1 aliphatic carbocycles. The Morgan fingerprint density at radius 2 is 1.86 bits per heavy atom. The third-order valence-electron chi connectivity index (χ3n) is 5.81. The summed E-state index contributed by atoms with van der Waals surface area (Å²) in [4.78, 5) is 15.1. The van der Waals surface area contributed by atoms with Crippen molar-refractivity contribution in [2.24, 2.45) is 23.0 Å². The minimum absolute atomic E-state index is 0.217. The van der Waals surface area contributed by atoms with Crippen molar-refractivity contribution >= 4 is 5.91 Å². The molecule has 4 heteroatoms. The molecule has 1 amide bonds. The lowest BCUT2D eigenvalue weighted by atomic mass is 9.70. The molecule has 0 aromatic heterocycles. The molecule has 1 heterocycles. The van der Waals surface area contributed by atoms with Gasteiger partial charge in [-0.15, -0.1) is 0 Å². The van der Waals surface area contributed by atoms with Crippen molar-refractivity contribution < 1.29 is 4.79 Å². The van der Waals surface area contributed by atoms with Crippen molar-refractivity contribution in [1.82, 2.24) is 10.2 Å². The summed E-state index contributed by atoms with van der Waals surface area (Å²) in [5, 5.41) is 3.22. The van der Waals surface area contributed by atoms with Gasteiger partial charge in [-0.1, -0.05) is 13.8 Å². The van der Waals surface area contributed by atoms with Gasteiger partial charge in [0.15, 0.2) is 0 Å². The van der Waals surface area contributed by atoms with Gasteiger partial charge in [0.2, 0.25) is 5.91 Å². The molecule has 4 nitrogen and oxygen atoms in total. The second-order valence-corrected chi connectivity index (χ2v) is 7.25. The van der Waals surface area contributed by atoms with Crippen LogP contribution < -0.4 is 11.1 Å². The fourth-order valence-corrected chi connectivity index (χ4v) is 3.77. The molecule has 1 saturated heterocycles. The lowest BCUT2D eigenvalue weighted by molar-refractivity contribution is -0.133. The maximum absolute atomic E-state index is 12.6. The van der Waals surface area contributed by atoms with E-state index >= 15 is 0 Å². The van der Waals surface area contributed by atoms with Gasteiger partial charge in [0.1, 0.15) is 0 Å². The third kappa shape index (κ3) is 4.19. The van der Waals surface area contributed by atoms with Gasteiger partial charge >= 0.3 is 0 Å². The number of hydrogen-bond donors (Lipinski definition) is 2. The summed E-state index contributed by atoms with van der Waals surface area (Å²) in [6, 6.07) is 0. The van der Waals surface area contributed by atoms with Crippen LogP contribution in [-0.4, -0.2) is 43.5 Å². The number of nitrogens with two attached hydrogens (primary N) is 1. The molecule has 2 aliphatic rings. The number of amides is 1. The highest BCUT2D eigenvalue weighted by Crippen LogP contribution is 2.38. The Morgan fingerprint density at radius 1 is 1.24 bits per heavy atom. The molecule has 0 bridgehead atoms. The van der Waals surface area contributed by atoms with Gasteiger partial charge in [-0.05, 0) is 70.0 Å². The van der Waals surface area contributed by atoms with Crippen LogP contribution in [-0.2, 0) is 4.79 Å². The average molecular weight is 295 g/mol. The van der Waals surface area contributed by atoms with Crippen molar-refractivity contribution in [1.29, 1.82) is 0 Å². The van der Waals surface area contributed by atoms with E-state index in [1.54, 1.807) is 0 Å². The smallest absolute Gasteiger partial charge is 0.227 e. The van der Waals surface area contributed by atoms with E-state index in [-0.39, 0.29) is 11.3 Å². The molecule has 0 aromatic carbocycles. The Bertz CT molecular complexity index is 329. The van der Waals surface area contributed by atoms with Gasteiger partial charge < -0.3 is 16.0 Å². The Labute approximate surface area is 129 Å². The van der Waals surface area contributed by atoms with Crippen molar-refractivity contribution in [3.63, 3.8) is 0 Å². The average Bonchev–Trinajstić information content (AvgIpc) is 2.54. The van der Waals surface area contributed by atoms with Crippen molar-refractivity contribution in [3.05, 3.63) is 0 Å². The van der Waals surface area contributed by atoms with Crippen LogP contribution in [0.15, 0.2) is 0 Å². The van der Waals surface area contributed by atoms with E-state index < -0.39 is 0 Å². The minimum atomic E-state index is -0.281. The molecular formula is C17H33N3O. The topological polar surface area (TPSA) is 58.4 Å².